The number of hydrogen-bond donors (Lipinski definition) is 2. The number of halogens is 2. The van der Waals surface area contributed by atoms with Gasteiger partial charge in [0.05, 0.1) is 16.7 Å². The van der Waals surface area contributed by atoms with Crippen LogP contribution in [0.4, 0.5) is 17.3 Å². The number of para-hydroxylation sites is 1. The molecule has 0 amide bonds. The van der Waals surface area contributed by atoms with Crippen molar-refractivity contribution in [2.45, 2.75) is 13.5 Å². The smallest absolute Gasteiger partial charge is 0.151 e. The van der Waals surface area contributed by atoms with Crippen molar-refractivity contribution in [2.24, 2.45) is 0 Å². The Morgan fingerprint density at radius 2 is 1.86 bits per heavy atom. The molecule has 112 valence electrons. The van der Waals surface area contributed by atoms with Crippen LogP contribution in [0, 0.1) is 0 Å². The van der Waals surface area contributed by atoms with Crippen LogP contribution in [0.5, 0.6) is 0 Å². The fraction of sp³-hybridized carbons (Fsp3) is 0.267. The fourth-order valence-electron chi connectivity index (χ4n) is 1.90. The third-order valence-electron chi connectivity index (χ3n) is 2.84. The highest BCUT2D eigenvalue weighted by Gasteiger charge is 2.10. The van der Waals surface area contributed by atoms with E-state index in [1.165, 1.54) is 0 Å². The molecule has 2 aromatic rings. The Balaban J connectivity index is 2.33. The van der Waals surface area contributed by atoms with Gasteiger partial charge in [-0.15, -0.1) is 0 Å². The molecule has 1 aromatic carbocycles. The molecular weight excluding hydrogens is 309 g/mol. The molecule has 6 heteroatoms. The molecule has 0 fully saturated rings. The van der Waals surface area contributed by atoms with Gasteiger partial charge >= 0.3 is 0 Å². The van der Waals surface area contributed by atoms with Crippen molar-refractivity contribution in [2.75, 3.05) is 24.3 Å². The minimum Gasteiger partial charge on any atom is -0.380 e. The molecule has 0 aliphatic carbocycles. The highest BCUT2D eigenvalue weighted by Crippen LogP contribution is 2.31. The average Bonchev–Trinajstić information content (AvgIpc) is 2.46. The van der Waals surface area contributed by atoms with Gasteiger partial charge in [0.2, 0.25) is 0 Å². The number of benzene rings is 1. The van der Waals surface area contributed by atoms with Crippen LogP contribution in [0.3, 0.4) is 0 Å². The number of hydrogen-bond acceptors (Lipinski definition) is 4. The quantitative estimate of drug-likeness (QED) is 0.807. The molecule has 21 heavy (non-hydrogen) atoms. The monoisotopic (exact) mass is 325 g/mol. The molecule has 0 radical (unpaired) electrons. The summed E-state index contributed by atoms with van der Waals surface area (Å²) in [5.41, 5.74) is 1.93. The van der Waals surface area contributed by atoms with Crippen LogP contribution in [-0.4, -0.2) is 18.6 Å². The zero-order valence-electron chi connectivity index (χ0n) is 11.9. The third kappa shape index (κ3) is 4.00. The van der Waals surface area contributed by atoms with Crippen molar-refractivity contribution in [3.8, 4) is 0 Å². The Morgan fingerprint density at radius 3 is 2.57 bits per heavy atom. The van der Waals surface area contributed by atoms with Crippen molar-refractivity contribution in [1.29, 1.82) is 0 Å². The number of methoxy groups -OCH3 is 1. The summed E-state index contributed by atoms with van der Waals surface area (Å²) >= 11 is 12.3. The Hall–Kier alpha value is -1.49. The molecule has 0 aliphatic rings. The molecule has 0 spiro atoms. The van der Waals surface area contributed by atoms with Crippen molar-refractivity contribution >= 4 is 40.5 Å². The largest absolute Gasteiger partial charge is 0.380 e. The van der Waals surface area contributed by atoms with Gasteiger partial charge in [-0.05, 0) is 19.1 Å². The van der Waals surface area contributed by atoms with Gasteiger partial charge < -0.3 is 15.4 Å². The third-order valence-corrected chi connectivity index (χ3v) is 3.42. The van der Waals surface area contributed by atoms with Crippen molar-refractivity contribution in [1.82, 2.24) is 4.98 Å². The number of nitrogens with zero attached hydrogens (tertiary/aromatic N) is 1. The minimum atomic E-state index is 0.467. The van der Waals surface area contributed by atoms with Crippen LogP contribution in [0.1, 0.15) is 12.5 Å². The summed E-state index contributed by atoms with van der Waals surface area (Å²) in [6, 6.07) is 9.52. The minimum absolute atomic E-state index is 0.467. The first kappa shape index (κ1) is 15.9. The van der Waals surface area contributed by atoms with E-state index in [0.29, 0.717) is 28.3 Å². The van der Waals surface area contributed by atoms with Crippen molar-refractivity contribution in [3.05, 3.63) is 45.9 Å². The van der Waals surface area contributed by atoms with E-state index in [-0.39, 0.29) is 0 Å². The Bertz CT molecular complexity index is 620. The van der Waals surface area contributed by atoms with E-state index in [2.05, 4.69) is 15.6 Å². The van der Waals surface area contributed by atoms with E-state index in [0.717, 1.165) is 17.8 Å². The first-order chi connectivity index (χ1) is 10.2. The highest BCUT2D eigenvalue weighted by molar-refractivity contribution is 6.37. The van der Waals surface area contributed by atoms with Crippen LogP contribution in [0.15, 0.2) is 30.3 Å². The van der Waals surface area contributed by atoms with Gasteiger partial charge in [-0.1, -0.05) is 41.4 Å². The molecule has 0 atom stereocenters. The molecule has 2 rings (SSSR count). The van der Waals surface area contributed by atoms with Gasteiger partial charge in [-0.2, -0.15) is 0 Å². The predicted molar refractivity (Wildman–Crippen MR) is 88.9 cm³/mol. The standard InChI is InChI=1S/C15H17Cl2N3O/c1-3-18-14-11(16)8-12(17)15(20-14)19-13-7-5-4-6-10(13)9-21-2/h4-8H,3,9H2,1-2H3,(H2,18,19,20). The summed E-state index contributed by atoms with van der Waals surface area (Å²) in [6.07, 6.45) is 0. The second-order valence-electron chi connectivity index (χ2n) is 4.39. The van der Waals surface area contributed by atoms with Gasteiger partial charge in [0.15, 0.2) is 5.82 Å². The topological polar surface area (TPSA) is 46.2 Å². The lowest BCUT2D eigenvalue weighted by molar-refractivity contribution is 0.185. The maximum Gasteiger partial charge on any atom is 0.151 e. The Kier molecular flexibility index (Phi) is 5.67. The summed E-state index contributed by atoms with van der Waals surface area (Å²) in [7, 11) is 1.66. The summed E-state index contributed by atoms with van der Waals surface area (Å²) < 4.78 is 5.19. The van der Waals surface area contributed by atoms with Crippen molar-refractivity contribution < 1.29 is 4.74 Å². The van der Waals surface area contributed by atoms with Gasteiger partial charge in [0.25, 0.3) is 0 Å². The van der Waals surface area contributed by atoms with Crippen molar-refractivity contribution in [3.63, 3.8) is 0 Å². The second kappa shape index (κ2) is 7.50. The van der Waals surface area contributed by atoms with Crippen LogP contribution in [0.2, 0.25) is 10.0 Å². The molecule has 4 nitrogen and oxygen atoms in total. The Morgan fingerprint density at radius 1 is 1.14 bits per heavy atom. The van der Waals surface area contributed by atoms with Crippen LogP contribution < -0.4 is 10.6 Å². The summed E-state index contributed by atoms with van der Waals surface area (Å²) in [5, 5.41) is 7.30. The molecule has 2 N–H and O–H groups in total. The normalized spacial score (nSPS) is 10.5. The first-order valence-electron chi connectivity index (χ1n) is 6.59. The lowest BCUT2D eigenvalue weighted by atomic mass is 10.2. The number of anilines is 3. The zero-order chi connectivity index (χ0) is 15.2. The van der Waals surface area contributed by atoms with E-state index >= 15 is 0 Å². The maximum atomic E-state index is 6.21. The van der Waals surface area contributed by atoms with Crippen LogP contribution in [0.25, 0.3) is 0 Å². The summed E-state index contributed by atoms with van der Waals surface area (Å²) in [5.74, 6) is 1.16. The maximum absolute atomic E-state index is 6.21. The highest BCUT2D eigenvalue weighted by atomic mass is 35.5. The van der Waals surface area contributed by atoms with Crippen LogP contribution in [-0.2, 0) is 11.3 Å². The molecular formula is C15H17Cl2N3O. The van der Waals surface area contributed by atoms with Crippen LogP contribution >= 0.6 is 23.2 Å². The van der Waals surface area contributed by atoms with E-state index in [9.17, 15) is 0 Å². The van der Waals surface area contributed by atoms with Gasteiger partial charge in [-0.3, -0.25) is 0 Å². The molecule has 1 aromatic heterocycles. The summed E-state index contributed by atoms with van der Waals surface area (Å²) in [4.78, 5) is 4.43. The van der Waals surface area contributed by atoms with Gasteiger partial charge in [0.1, 0.15) is 5.82 Å². The molecule has 0 saturated heterocycles. The lowest BCUT2D eigenvalue weighted by Gasteiger charge is -2.14. The molecule has 0 unspecified atom stereocenters. The van der Waals surface area contributed by atoms with Gasteiger partial charge in [0, 0.05) is 24.9 Å². The predicted octanol–water partition coefficient (Wildman–Crippen LogP) is 4.71. The lowest BCUT2D eigenvalue weighted by Crippen LogP contribution is -2.04. The van der Waals surface area contributed by atoms with E-state index in [1.54, 1.807) is 13.2 Å². The fourth-order valence-corrected chi connectivity index (χ4v) is 2.37. The average molecular weight is 326 g/mol. The van der Waals surface area contributed by atoms with Gasteiger partial charge in [-0.25, -0.2) is 4.98 Å². The molecule has 0 saturated carbocycles. The number of nitrogens with one attached hydrogen (secondary N) is 2. The van der Waals surface area contributed by atoms with E-state index in [4.69, 9.17) is 27.9 Å². The second-order valence-corrected chi connectivity index (χ2v) is 5.21. The SMILES string of the molecule is CCNc1nc(Nc2ccccc2COC)c(Cl)cc1Cl. The first-order valence-corrected chi connectivity index (χ1v) is 7.35. The number of rotatable bonds is 6. The molecule has 0 bridgehead atoms. The number of aromatic nitrogens is 1. The van der Waals surface area contributed by atoms with E-state index in [1.807, 2.05) is 31.2 Å². The Labute approximate surface area is 134 Å². The summed E-state index contributed by atoms with van der Waals surface area (Å²) in [6.45, 7) is 3.22. The zero-order valence-corrected chi connectivity index (χ0v) is 13.4. The number of pyridine rings is 1. The molecule has 0 aliphatic heterocycles. The van der Waals surface area contributed by atoms with E-state index < -0.39 is 0 Å². The molecule has 1 heterocycles. The number of ether oxygens (including phenoxy) is 1.